The number of hydrogen-bond acceptors (Lipinski definition) is 4. The summed E-state index contributed by atoms with van der Waals surface area (Å²) in [5.41, 5.74) is 1.24. The molecular formula is C24H22N4O2. The van der Waals surface area contributed by atoms with Crippen LogP contribution in [-0.2, 0) is 0 Å². The molecule has 150 valence electrons. The number of H-pyrrole nitrogens is 1. The fourth-order valence-corrected chi connectivity index (χ4v) is 4.43. The fourth-order valence-electron chi connectivity index (χ4n) is 4.43. The van der Waals surface area contributed by atoms with Crippen molar-refractivity contribution in [3.63, 3.8) is 0 Å². The number of rotatable bonds is 3. The lowest BCUT2D eigenvalue weighted by molar-refractivity contribution is 0.0921. The lowest BCUT2D eigenvalue weighted by Gasteiger charge is -2.29. The van der Waals surface area contributed by atoms with Gasteiger partial charge >= 0.3 is 0 Å². The van der Waals surface area contributed by atoms with Gasteiger partial charge in [-0.15, -0.1) is 0 Å². The number of aromatic amines is 1. The van der Waals surface area contributed by atoms with E-state index in [0.29, 0.717) is 11.1 Å². The maximum Gasteiger partial charge on any atom is 0.272 e. The number of hydrogen-bond donors (Lipinski definition) is 2. The zero-order valence-electron chi connectivity index (χ0n) is 16.5. The highest BCUT2D eigenvalue weighted by molar-refractivity contribution is 5.96. The standard InChI is InChI=1S/C24H22N4O2/c29-23-20-8-4-3-7-19(20)22(27-28-23)15-9-11-18(12-10-15)26-24(30)21-13-16-5-1-2-6-17(16)14-25-21/h1-8,13-15,18H,9-12H2,(H,26,30)(H,28,29)/t15-,18-. The molecule has 2 heterocycles. The summed E-state index contributed by atoms with van der Waals surface area (Å²) in [6, 6.07) is 17.5. The Hall–Kier alpha value is -3.54. The molecule has 0 atom stereocenters. The van der Waals surface area contributed by atoms with Crippen molar-refractivity contribution in [2.45, 2.75) is 37.6 Å². The first-order chi connectivity index (χ1) is 14.7. The molecule has 6 heteroatoms. The second-order valence-corrected chi connectivity index (χ2v) is 7.92. The van der Waals surface area contributed by atoms with Crippen LogP contribution in [0.4, 0.5) is 0 Å². The number of carbonyl (C=O) groups excluding carboxylic acids is 1. The van der Waals surface area contributed by atoms with Gasteiger partial charge in [-0.1, -0.05) is 42.5 Å². The third-order valence-electron chi connectivity index (χ3n) is 6.04. The van der Waals surface area contributed by atoms with E-state index in [4.69, 9.17) is 0 Å². The number of nitrogens with zero attached hydrogens (tertiary/aromatic N) is 2. The third-order valence-corrected chi connectivity index (χ3v) is 6.04. The van der Waals surface area contributed by atoms with Gasteiger partial charge < -0.3 is 5.32 Å². The van der Waals surface area contributed by atoms with Crippen LogP contribution in [0, 0.1) is 0 Å². The molecule has 0 aliphatic heterocycles. The second kappa shape index (κ2) is 7.71. The van der Waals surface area contributed by atoms with Crippen LogP contribution >= 0.6 is 0 Å². The first-order valence-corrected chi connectivity index (χ1v) is 10.3. The van der Waals surface area contributed by atoms with Gasteiger partial charge in [-0.05, 0) is 43.2 Å². The number of benzene rings is 2. The van der Waals surface area contributed by atoms with Gasteiger partial charge in [0.05, 0.1) is 11.1 Å². The van der Waals surface area contributed by atoms with E-state index >= 15 is 0 Å². The summed E-state index contributed by atoms with van der Waals surface area (Å²) in [4.78, 5) is 29.0. The highest BCUT2D eigenvalue weighted by Crippen LogP contribution is 2.34. The van der Waals surface area contributed by atoms with Gasteiger partial charge in [0.15, 0.2) is 0 Å². The Morgan fingerprint density at radius 3 is 2.43 bits per heavy atom. The molecule has 6 nitrogen and oxygen atoms in total. The molecule has 1 aliphatic carbocycles. The minimum Gasteiger partial charge on any atom is -0.348 e. The van der Waals surface area contributed by atoms with Gasteiger partial charge in [0.25, 0.3) is 11.5 Å². The topological polar surface area (TPSA) is 87.7 Å². The van der Waals surface area contributed by atoms with Gasteiger partial charge in [0.1, 0.15) is 5.69 Å². The normalized spacial score (nSPS) is 19.1. The van der Waals surface area contributed by atoms with Crippen LogP contribution in [0.15, 0.2) is 65.6 Å². The van der Waals surface area contributed by atoms with Crippen LogP contribution in [0.5, 0.6) is 0 Å². The minimum absolute atomic E-state index is 0.121. The van der Waals surface area contributed by atoms with Crippen molar-refractivity contribution in [2.75, 3.05) is 0 Å². The smallest absolute Gasteiger partial charge is 0.272 e. The van der Waals surface area contributed by atoms with Crippen molar-refractivity contribution < 1.29 is 4.79 Å². The highest BCUT2D eigenvalue weighted by Gasteiger charge is 2.26. The van der Waals surface area contributed by atoms with Crippen molar-refractivity contribution >= 4 is 27.5 Å². The molecule has 0 saturated heterocycles. The summed E-state index contributed by atoms with van der Waals surface area (Å²) in [5, 5.41) is 13.8. The summed E-state index contributed by atoms with van der Waals surface area (Å²) in [7, 11) is 0. The van der Waals surface area contributed by atoms with Gasteiger partial charge in [-0.3, -0.25) is 14.6 Å². The maximum atomic E-state index is 12.7. The molecule has 1 fully saturated rings. The maximum absolute atomic E-state index is 12.7. The van der Waals surface area contributed by atoms with Gasteiger partial charge in [-0.25, -0.2) is 5.10 Å². The lowest BCUT2D eigenvalue weighted by Crippen LogP contribution is -2.37. The molecule has 0 radical (unpaired) electrons. The summed E-state index contributed by atoms with van der Waals surface area (Å²) < 4.78 is 0. The average Bonchev–Trinajstić information content (AvgIpc) is 2.80. The average molecular weight is 398 g/mol. The Kier molecular flexibility index (Phi) is 4.75. The zero-order valence-corrected chi connectivity index (χ0v) is 16.5. The molecular weight excluding hydrogens is 376 g/mol. The summed E-state index contributed by atoms with van der Waals surface area (Å²) in [6.45, 7) is 0. The van der Waals surface area contributed by atoms with E-state index in [0.717, 1.165) is 47.5 Å². The van der Waals surface area contributed by atoms with Crippen molar-refractivity contribution in [1.82, 2.24) is 20.5 Å². The summed E-state index contributed by atoms with van der Waals surface area (Å²) in [5.74, 6) is 0.149. The molecule has 1 aliphatic rings. The van der Waals surface area contributed by atoms with Crippen LogP contribution in [0.3, 0.4) is 0 Å². The van der Waals surface area contributed by atoms with E-state index in [1.807, 2.05) is 54.6 Å². The molecule has 2 aromatic heterocycles. The Balaban J connectivity index is 1.28. The molecule has 0 spiro atoms. The molecule has 0 bridgehead atoms. The van der Waals surface area contributed by atoms with E-state index in [1.54, 1.807) is 6.20 Å². The quantitative estimate of drug-likeness (QED) is 0.547. The van der Waals surface area contributed by atoms with Gasteiger partial charge in [0.2, 0.25) is 0 Å². The number of pyridine rings is 1. The first kappa shape index (κ1) is 18.5. The lowest BCUT2D eigenvalue weighted by atomic mass is 9.82. The van der Waals surface area contributed by atoms with Gasteiger partial charge in [0, 0.05) is 28.9 Å². The van der Waals surface area contributed by atoms with E-state index < -0.39 is 0 Å². The van der Waals surface area contributed by atoms with Crippen molar-refractivity contribution in [2.24, 2.45) is 0 Å². The zero-order chi connectivity index (χ0) is 20.5. The Labute approximate surface area is 173 Å². The van der Waals surface area contributed by atoms with E-state index in [9.17, 15) is 9.59 Å². The van der Waals surface area contributed by atoms with Crippen LogP contribution in [0.25, 0.3) is 21.5 Å². The largest absolute Gasteiger partial charge is 0.348 e. The molecule has 5 rings (SSSR count). The number of fused-ring (bicyclic) bond motifs is 2. The van der Waals surface area contributed by atoms with Crippen molar-refractivity contribution in [3.8, 4) is 0 Å². The van der Waals surface area contributed by atoms with E-state index in [2.05, 4.69) is 20.5 Å². The number of carbonyl (C=O) groups is 1. The molecule has 2 N–H and O–H groups in total. The number of amides is 1. The predicted molar refractivity (Wildman–Crippen MR) is 117 cm³/mol. The first-order valence-electron chi connectivity index (χ1n) is 10.3. The van der Waals surface area contributed by atoms with Crippen LogP contribution in [0.2, 0.25) is 0 Å². The second-order valence-electron chi connectivity index (χ2n) is 7.92. The van der Waals surface area contributed by atoms with Crippen molar-refractivity contribution in [3.05, 3.63) is 82.5 Å². The fraction of sp³-hybridized carbons (Fsp3) is 0.250. The highest BCUT2D eigenvalue weighted by atomic mass is 16.2. The Bertz CT molecular complexity index is 1290. The van der Waals surface area contributed by atoms with Crippen LogP contribution in [-0.4, -0.2) is 27.1 Å². The van der Waals surface area contributed by atoms with E-state index in [1.165, 1.54) is 0 Å². The number of aromatic nitrogens is 3. The molecule has 1 amide bonds. The molecule has 30 heavy (non-hydrogen) atoms. The molecule has 0 unspecified atom stereocenters. The van der Waals surface area contributed by atoms with Crippen LogP contribution < -0.4 is 10.9 Å². The predicted octanol–water partition coefficient (Wildman–Crippen LogP) is 3.93. The number of nitrogens with one attached hydrogen (secondary N) is 2. The summed E-state index contributed by atoms with van der Waals surface area (Å²) in [6.07, 6.45) is 5.32. The SMILES string of the molecule is O=C(N[C@H]1CC[C@H](c2n[nH]c(=O)c3ccccc32)CC1)c1cc2ccccc2cn1. The summed E-state index contributed by atoms with van der Waals surface area (Å²) >= 11 is 0. The van der Waals surface area contributed by atoms with Gasteiger partial charge in [-0.2, -0.15) is 5.10 Å². The third kappa shape index (κ3) is 3.45. The molecule has 2 aromatic carbocycles. The van der Waals surface area contributed by atoms with Crippen LogP contribution in [0.1, 0.15) is 47.8 Å². The van der Waals surface area contributed by atoms with Crippen molar-refractivity contribution in [1.29, 1.82) is 0 Å². The van der Waals surface area contributed by atoms with E-state index in [-0.39, 0.29) is 23.4 Å². The minimum atomic E-state index is -0.154. The molecule has 1 saturated carbocycles. The Morgan fingerprint density at radius 1 is 0.933 bits per heavy atom. The monoisotopic (exact) mass is 398 g/mol. The molecule has 4 aromatic rings. The Morgan fingerprint density at radius 2 is 1.63 bits per heavy atom.